The number of aromatic nitrogens is 1. The van der Waals surface area contributed by atoms with Gasteiger partial charge in [0.2, 0.25) is 0 Å². The molecule has 1 fully saturated rings. The first-order valence-electron chi connectivity index (χ1n) is 7.19. The highest BCUT2D eigenvalue weighted by Gasteiger charge is 2.29. The highest BCUT2D eigenvalue weighted by molar-refractivity contribution is 7.91. The van der Waals surface area contributed by atoms with Crippen LogP contribution in [0.1, 0.15) is 51.1 Å². The van der Waals surface area contributed by atoms with Gasteiger partial charge in [-0.25, -0.2) is 18.1 Å². The molecule has 0 spiro atoms. The lowest BCUT2D eigenvalue weighted by atomic mass is 9.83. The predicted octanol–water partition coefficient (Wildman–Crippen LogP) is 2.67. The van der Waals surface area contributed by atoms with Crippen molar-refractivity contribution in [3.63, 3.8) is 0 Å². The normalized spacial score (nSPS) is 19.1. The Morgan fingerprint density at radius 3 is 2.55 bits per heavy atom. The van der Waals surface area contributed by atoms with E-state index in [9.17, 15) is 8.42 Å². The Labute approximate surface area is 125 Å². The second-order valence-electron chi connectivity index (χ2n) is 5.46. The lowest BCUT2D eigenvalue weighted by Crippen LogP contribution is -2.40. The molecule has 1 heterocycles. The summed E-state index contributed by atoms with van der Waals surface area (Å²) >= 11 is 1.04. The maximum Gasteiger partial charge on any atom is 0.252 e. The fourth-order valence-corrected chi connectivity index (χ4v) is 5.66. The third kappa shape index (κ3) is 3.51. The fraction of sp³-hybridized carbons (Fsp3) is 0.769. The lowest BCUT2D eigenvalue weighted by Gasteiger charge is -2.29. The molecule has 7 heteroatoms. The number of nitrogens with one attached hydrogen (secondary N) is 1. The van der Waals surface area contributed by atoms with Crippen molar-refractivity contribution < 1.29 is 8.42 Å². The summed E-state index contributed by atoms with van der Waals surface area (Å²) in [6.07, 6.45) is 6.72. The molecule has 1 aromatic heterocycles. The van der Waals surface area contributed by atoms with Gasteiger partial charge in [0.1, 0.15) is 0 Å². The fourth-order valence-electron chi connectivity index (χ4n) is 2.95. The van der Waals surface area contributed by atoms with Crippen molar-refractivity contribution in [1.82, 2.24) is 9.71 Å². The maximum atomic E-state index is 12.5. The minimum atomic E-state index is -3.50. The molecule has 1 aromatic rings. The molecule has 1 saturated carbocycles. The van der Waals surface area contributed by atoms with Crippen LogP contribution in [0.2, 0.25) is 0 Å². The van der Waals surface area contributed by atoms with Crippen molar-refractivity contribution >= 4 is 26.5 Å². The number of anilines is 1. The molecule has 1 unspecified atom stereocenters. The van der Waals surface area contributed by atoms with Gasteiger partial charge in [0.25, 0.3) is 10.0 Å². The standard InChI is InChI=1S/C13H23N3O2S2/c1-3-11(10-7-5-4-6-8-10)16-20(17,18)12-9(2)15-13(14)19-12/h10-11,16H,3-8H2,1-2H3,(H2,14,15). The highest BCUT2D eigenvalue weighted by Crippen LogP contribution is 2.30. The number of hydrogen-bond acceptors (Lipinski definition) is 5. The molecule has 0 saturated heterocycles. The summed E-state index contributed by atoms with van der Waals surface area (Å²) in [6, 6.07) is 0.0167. The zero-order valence-electron chi connectivity index (χ0n) is 12.1. The molecular formula is C13H23N3O2S2. The molecule has 0 bridgehead atoms. The summed E-state index contributed by atoms with van der Waals surface area (Å²) < 4.78 is 28.1. The van der Waals surface area contributed by atoms with Crippen LogP contribution < -0.4 is 10.5 Å². The number of rotatable bonds is 5. The summed E-state index contributed by atoms with van der Waals surface area (Å²) in [7, 11) is -3.50. The first-order valence-corrected chi connectivity index (χ1v) is 9.49. The zero-order valence-corrected chi connectivity index (χ0v) is 13.7. The molecule has 5 nitrogen and oxygen atoms in total. The molecule has 3 N–H and O–H groups in total. The van der Waals surface area contributed by atoms with Gasteiger partial charge in [-0.05, 0) is 32.1 Å². The Kier molecular flexibility index (Phi) is 5.04. The lowest BCUT2D eigenvalue weighted by molar-refractivity contribution is 0.285. The summed E-state index contributed by atoms with van der Waals surface area (Å²) in [5, 5.41) is 0.300. The smallest absolute Gasteiger partial charge is 0.252 e. The Hall–Kier alpha value is -0.660. The number of thiazole rings is 1. The Morgan fingerprint density at radius 1 is 1.40 bits per heavy atom. The van der Waals surface area contributed by atoms with Crippen LogP contribution in [0.5, 0.6) is 0 Å². The molecule has 2 rings (SSSR count). The van der Waals surface area contributed by atoms with Crippen molar-refractivity contribution in [2.75, 3.05) is 5.73 Å². The molecule has 0 aliphatic heterocycles. The van der Waals surface area contributed by atoms with Gasteiger partial charge in [-0.1, -0.05) is 37.5 Å². The molecule has 1 aliphatic rings. The molecule has 20 heavy (non-hydrogen) atoms. The van der Waals surface area contributed by atoms with E-state index in [0.717, 1.165) is 30.6 Å². The van der Waals surface area contributed by atoms with Crippen molar-refractivity contribution in [3.05, 3.63) is 5.69 Å². The molecule has 1 aliphatic carbocycles. The predicted molar refractivity (Wildman–Crippen MR) is 82.2 cm³/mol. The van der Waals surface area contributed by atoms with Crippen molar-refractivity contribution in [3.8, 4) is 0 Å². The Balaban J connectivity index is 2.15. The molecule has 114 valence electrons. The maximum absolute atomic E-state index is 12.5. The van der Waals surface area contributed by atoms with E-state index in [1.807, 2.05) is 6.92 Å². The van der Waals surface area contributed by atoms with Gasteiger partial charge >= 0.3 is 0 Å². The van der Waals surface area contributed by atoms with Gasteiger partial charge in [0.05, 0.1) is 5.69 Å². The Morgan fingerprint density at radius 2 is 2.05 bits per heavy atom. The Bertz CT molecular complexity index is 548. The monoisotopic (exact) mass is 317 g/mol. The van der Waals surface area contributed by atoms with Gasteiger partial charge in [-0.15, -0.1) is 0 Å². The number of aryl methyl sites for hydroxylation is 1. The molecule has 0 radical (unpaired) electrons. The van der Waals surface area contributed by atoms with Gasteiger partial charge in [0, 0.05) is 6.04 Å². The third-order valence-electron chi connectivity index (χ3n) is 3.98. The van der Waals surface area contributed by atoms with E-state index in [1.54, 1.807) is 6.92 Å². The van der Waals surface area contributed by atoms with Gasteiger partial charge in [-0.3, -0.25) is 0 Å². The zero-order chi connectivity index (χ0) is 14.8. The third-order valence-corrected chi connectivity index (χ3v) is 7.07. The van der Waals surface area contributed by atoms with E-state index >= 15 is 0 Å². The number of nitrogen functional groups attached to an aromatic ring is 1. The van der Waals surface area contributed by atoms with Crippen LogP contribution in [0.4, 0.5) is 5.13 Å². The van der Waals surface area contributed by atoms with Gasteiger partial charge in [0.15, 0.2) is 9.34 Å². The van der Waals surface area contributed by atoms with Crippen LogP contribution in [0, 0.1) is 12.8 Å². The van der Waals surface area contributed by atoms with Gasteiger partial charge < -0.3 is 5.73 Å². The second kappa shape index (κ2) is 6.41. The van der Waals surface area contributed by atoms with Gasteiger partial charge in [-0.2, -0.15) is 0 Å². The number of hydrogen-bond donors (Lipinski definition) is 2. The number of sulfonamides is 1. The summed E-state index contributed by atoms with van der Waals surface area (Å²) in [5.74, 6) is 0.453. The van der Waals surface area contributed by atoms with Crippen molar-refractivity contribution in [1.29, 1.82) is 0 Å². The largest absolute Gasteiger partial charge is 0.375 e. The average molecular weight is 317 g/mol. The molecule has 0 aromatic carbocycles. The summed E-state index contributed by atoms with van der Waals surface area (Å²) in [6.45, 7) is 3.72. The number of nitrogens with zero attached hydrogens (tertiary/aromatic N) is 1. The van der Waals surface area contributed by atoms with E-state index in [-0.39, 0.29) is 10.3 Å². The van der Waals surface area contributed by atoms with E-state index in [2.05, 4.69) is 9.71 Å². The van der Waals surface area contributed by atoms with Crippen LogP contribution in [-0.4, -0.2) is 19.4 Å². The SMILES string of the molecule is CCC(NS(=O)(=O)c1sc(N)nc1C)C1CCCCC1. The second-order valence-corrected chi connectivity index (χ2v) is 8.40. The van der Waals surface area contributed by atoms with Crippen LogP contribution in [-0.2, 0) is 10.0 Å². The summed E-state index contributed by atoms with van der Waals surface area (Å²) in [4.78, 5) is 4.00. The van der Waals surface area contributed by atoms with E-state index in [1.165, 1.54) is 19.3 Å². The topological polar surface area (TPSA) is 85.1 Å². The van der Waals surface area contributed by atoms with Crippen LogP contribution >= 0.6 is 11.3 Å². The van der Waals surface area contributed by atoms with E-state index in [0.29, 0.717) is 16.7 Å². The van der Waals surface area contributed by atoms with E-state index in [4.69, 9.17) is 5.73 Å². The van der Waals surface area contributed by atoms with Crippen molar-refractivity contribution in [2.45, 2.75) is 62.6 Å². The van der Waals surface area contributed by atoms with Crippen LogP contribution in [0.25, 0.3) is 0 Å². The number of nitrogens with two attached hydrogens (primary N) is 1. The van der Waals surface area contributed by atoms with Crippen LogP contribution in [0.3, 0.4) is 0 Å². The molecule has 1 atom stereocenters. The van der Waals surface area contributed by atoms with E-state index < -0.39 is 10.0 Å². The highest BCUT2D eigenvalue weighted by atomic mass is 32.2. The van der Waals surface area contributed by atoms with Crippen molar-refractivity contribution in [2.24, 2.45) is 5.92 Å². The van der Waals surface area contributed by atoms with Crippen LogP contribution in [0.15, 0.2) is 4.21 Å². The average Bonchev–Trinajstić information content (AvgIpc) is 2.77. The minimum Gasteiger partial charge on any atom is -0.375 e. The quantitative estimate of drug-likeness (QED) is 0.874. The summed E-state index contributed by atoms with van der Waals surface area (Å²) in [5.41, 5.74) is 6.08. The first-order chi connectivity index (χ1) is 9.44. The molecule has 0 amide bonds. The first kappa shape index (κ1) is 15.7. The molecular weight excluding hydrogens is 294 g/mol. The minimum absolute atomic E-state index is 0.0167.